The van der Waals surface area contributed by atoms with E-state index < -0.39 is 16.3 Å². The summed E-state index contributed by atoms with van der Waals surface area (Å²) in [5.74, 6) is 0.762. The van der Waals surface area contributed by atoms with Crippen molar-refractivity contribution in [3.05, 3.63) is 53.6 Å². The molecule has 0 bridgehead atoms. The molecule has 3 atom stereocenters. The van der Waals surface area contributed by atoms with E-state index in [0.717, 1.165) is 31.2 Å². The molecule has 32 heavy (non-hydrogen) atoms. The lowest BCUT2D eigenvalue weighted by atomic mass is 9.93. The summed E-state index contributed by atoms with van der Waals surface area (Å²) in [7, 11) is -0.779. The van der Waals surface area contributed by atoms with Crippen LogP contribution in [0.25, 0.3) is 0 Å². The topological polar surface area (TPSA) is 82.1 Å². The Morgan fingerprint density at radius 2 is 1.72 bits per heavy atom. The molecule has 0 aromatic heterocycles. The zero-order chi connectivity index (χ0) is 22.9. The lowest BCUT2D eigenvalue weighted by Gasteiger charge is -2.30. The first-order valence-electron chi connectivity index (χ1n) is 10.9. The number of fused-ring (bicyclic) bond motifs is 1. The molecule has 0 N–H and O–H groups in total. The molecule has 2 aromatic rings. The largest absolute Gasteiger partial charge is 0.493 e. The number of hydrogen-bond donors (Lipinski definition) is 0. The Bertz CT molecular complexity index is 1080. The van der Waals surface area contributed by atoms with Crippen molar-refractivity contribution in [2.75, 3.05) is 14.2 Å². The number of Topliss-reactive ketones (excluding diaryl/α,β-unsaturated/α-hetero) is 1. The number of nitrogens with zero attached hydrogens (tertiary/aromatic N) is 1. The number of benzene rings is 2. The molecule has 0 radical (unpaired) electrons. The lowest BCUT2D eigenvalue weighted by molar-refractivity contribution is 0.0111. The fourth-order valence-corrected chi connectivity index (χ4v) is 6.35. The van der Waals surface area contributed by atoms with E-state index in [1.165, 1.54) is 18.5 Å². The van der Waals surface area contributed by atoms with Crippen LogP contribution in [0.1, 0.15) is 48.0 Å². The van der Waals surface area contributed by atoms with Gasteiger partial charge < -0.3 is 14.2 Å². The molecule has 2 unspecified atom stereocenters. The van der Waals surface area contributed by atoms with Gasteiger partial charge in [-0.1, -0.05) is 30.5 Å². The Morgan fingerprint density at radius 1 is 1.03 bits per heavy atom. The summed E-state index contributed by atoms with van der Waals surface area (Å²) in [6.07, 6.45) is 2.38. The van der Waals surface area contributed by atoms with Crippen molar-refractivity contribution >= 4 is 15.8 Å². The Balaban J connectivity index is 1.64. The van der Waals surface area contributed by atoms with Gasteiger partial charge in [-0.25, -0.2) is 8.42 Å². The Kier molecular flexibility index (Phi) is 6.55. The predicted molar refractivity (Wildman–Crippen MR) is 120 cm³/mol. The Hall–Kier alpha value is -2.42. The molecule has 0 amide bonds. The standard InChI is InChI=1S/C24H29NO6S/c1-16-8-11-18(12-9-16)32(27,28)25-19-6-4-5-7-21(19)31-24(25)15-20(26)17-10-13-22(29-2)23(14-17)30-3/h8-14,19,21,24H,4-7,15H2,1-3H3/t19?,21?,24-/m0/s1. The summed E-state index contributed by atoms with van der Waals surface area (Å²) in [4.78, 5) is 13.4. The molecule has 2 aromatic carbocycles. The lowest BCUT2D eigenvalue weighted by Crippen LogP contribution is -2.44. The third-order valence-corrected chi connectivity index (χ3v) is 8.20. The minimum absolute atomic E-state index is 0.0619. The average Bonchev–Trinajstić information content (AvgIpc) is 3.17. The van der Waals surface area contributed by atoms with E-state index in [-0.39, 0.29) is 29.2 Å². The number of sulfonamides is 1. The zero-order valence-electron chi connectivity index (χ0n) is 18.6. The van der Waals surface area contributed by atoms with Gasteiger partial charge in [0.1, 0.15) is 6.23 Å². The molecular formula is C24H29NO6S. The van der Waals surface area contributed by atoms with Gasteiger partial charge in [0.05, 0.1) is 37.7 Å². The van der Waals surface area contributed by atoms with Crippen LogP contribution in [0, 0.1) is 6.92 Å². The number of ketones is 1. The monoisotopic (exact) mass is 459 g/mol. The first-order chi connectivity index (χ1) is 15.3. The normalized spacial score (nSPS) is 23.5. The molecule has 2 fully saturated rings. The van der Waals surface area contributed by atoms with Crippen molar-refractivity contribution in [3.8, 4) is 11.5 Å². The van der Waals surface area contributed by atoms with E-state index in [2.05, 4.69) is 0 Å². The maximum absolute atomic E-state index is 13.6. The summed E-state index contributed by atoms with van der Waals surface area (Å²) < 4.78 is 45.4. The maximum atomic E-state index is 13.6. The van der Waals surface area contributed by atoms with Crippen molar-refractivity contribution in [1.29, 1.82) is 0 Å². The summed E-state index contributed by atoms with van der Waals surface area (Å²) in [6, 6.07) is 11.5. The van der Waals surface area contributed by atoms with Crippen LogP contribution in [-0.2, 0) is 14.8 Å². The summed E-state index contributed by atoms with van der Waals surface area (Å²) in [5, 5.41) is 0. The number of hydrogen-bond acceptors (Lipinski definition) is 6. The van der Waals surface area contributed by atoms with E-state index in [1.54, 1.807) is 42.5 Å². The number of ether oxygens (including phenoxy) is 3. The first kappa shape index (κ1) is 22.8. The molecule has 7 nitrogen and oxygen atoms in total. The molecule has 1 heterocycles. The second kappa shape index (κ2) is 9.21. The smallest absolute Gasteiger partial charge is 0.245 e. The minimum atomic E-state index is -3.81. The molecule has 172 valence electrons. The first-order valence-corrected chi connectivity index (χ1v) is 12.3. The number of carbonyl (C=O) groups is 1. The van der Waals surface area contributed by atoms with Gasteiger partial charge in [0.15, 0.2) is 17.3 Å². The summed E-state index contributed by atoms with van der Waals surface area (Å²) in [5.41, 5.74) is 1.41. The predicted octanol–water partition coefficient (Wildman–Crippen LogP) is 3.94. The molecule has 1 aliphatic carbocycles. The molecule has 0 spiro atoms. The number of aryl methyl sites for hydroxylation is 1. The van der Waals surface area contributed by atoms with Crippen molar-refractivity contribution in [2.45, 2.75) is 62.3 Å². The Morgan fingerprint density at radius 3 is 2.41 bits per heavy atom. The third kappa shape index (κ3) is 4.27. The maximum Gasteiger partial charge on any atom is 0.245 e. The molecule has 1 saturated carbocycles. The molecule has 4 rings (SSSR count). The molecule has 1 saturated heterocycles. The van der Waals surface area contributed by atoms with Crippen LogP contribution in [0.2, 0.25) is 0 Å². The van der Waals surface area contributed by atoms with Gasteiger partial charge in [0.2, 0.25) is 10.0 Å². The van der Waals surface area contributed by atoms with Gasteiger partial charge in [0, 0.05) is 5.56 Å². The van der Waals surface area contributed by atoms with Crippen molar-refractivity contribution in [1.82, 2.24) is 4.31 Å². The minimum Gasteiger partial charge on any atom is -0.493 e. The van der Waals surface area contributed by atoms with E-state index >= 15 is 0 Å². The van der Waals surface area contributed by atoms with E-state index in [0.29, 0.717) is 17.1 Å². The van der Waals surface area contributed by atoms with Gasteiger partial charge in [-0.2, -0.15) is 4.31 Å². The van der Waals surface area contributed by atoms with Crippen molar-refractivity contribution in [3.63, 3.8) is 0 Å². The average molecular weight is 460 g/mol. The Labute approximate surface area is 189 Å². The highest BCUT2D eigenvalue weighted by molar-refractivity contribution is 7.89. The van der Waals surface area contributed by atoms with Crippen LogP contribution >= 0.6 is 0 Å². The van der Waals surface area contributed by atoms with Gasteiger partial charge in [0.25, 0.3) is 0 Å². The van der Waals surface area contributed by atoms with Crippen LogP contribution in [-0.4, -0.2) is 51.1 Å². The molecule has 1 aliphatic heterocycles. The number of carbonyl (C=O) groups excluding carboxylic acids is 1. The summed E-state index contributed by atoms with van der Waals surface area (Å²) >= 11 is 0. The fourth-order valence-electron chi connectivity index (χ4n) is 4.59. The molecular weight excluding hydrogens is 430 g/mol. The quantitative estimate of drug-likeness (QED) is 0.583. The molecule has 2 aliphatic rings. The van der Waals surface area contributed by atoms with Gasteiger partial charge in [-0.15, -0.1) is 0 Å². The highest BCUT2D eigenvalue weighted by Crippen LogP contribution is 2.39. The number of methoxy groups -OCH3 is 2. The SMILES string of the molecule is COc1ccc(C(=O)C[C@@H]2OC3CCCCC3N2S(=O)(=O)c2ccc(C)cc2)cc1OC. The fraction of sp³-hybridized carbons (Fsp3) is 0.458. The van der Waals surface area contributed by atoms with Crippen LogP contribution in [0.3, 0.4) is 0 Å². The van der Waals surface area contributed by atoms with Gasteiger partial charge >= 0.3 is 0 Å². The van der Waals surface area contributed by atoms with E-state index in [4.69, 9.17) is 14.2 Å². The van der Waals surface area contributed by atoms with Gasteiger partial charge in [-0.05, 0) is 50.1 Å². The highest BCUT2D eigenvalue weighted by Gasteiger charge is 2.50. The zero-order valence-corrected chi connectivity index (χ0v) is 19.4. The van der Waals surface area contributed by atoms with Gasteiger partial charge in [-0.3, -0.25) is 4.79 Å². The van der Waals surface area contributed by atoms with E-state index in [9.17, 15) is 13.2 Å². The van der Waals surface area contributed by atoms with E-state index in [1.807, 2.05) is 6.92 Å². The van der Waals surface area contributed by atoms with Crippen LogP contribution in [0.4, 0.5) is 0 Å². The van der Waals surface area contributed by atoms with Crippen LogP contribution < -0.4 is 9.47 Å². The highest BCUT2D eigenvalue weighted by atomic mass is 32.2. The third-order valence-electron chi connectivity index (χ3n) is 6.27. The number of rotatable bonds is 7. The second-order valence-electron chi connectivity index (χ2n) is 8.33. The second-order valence-corrected chi connectivity index (χ2v) is 10.2. The van der Waals surface area contributed by atoms with Crippen LogP contribution in [0.15, 0.2) is 47.4 Å². The van der Waals surface area contributed by atoms with Crippen molar-refractivity contribution < 1.29 is 27.4 Å². The van der Waals surface area contributed by atoms with Crippen LogP contribution in [0.5, 0.6) is 11.5 Å². The molecule has 8 heteroatoms. The van der Waals surface area contributed by atoms with Crippen molar-refractivity contribution in [2.24, 2.45) is 0 Å². The summed E-state index contributed by atoms with van der Waals surface area (Å²) in [6.45, 7) is 1.91.